The van der Waals surface area contributed by atoms with E-state index in [1.807, 2.05) is 25.1 Å². The van der Waals surface area contributed by atoms with Crippen LogP contribution in [0.1, 0.15) is 42.6 Å². The van der Waals surface area contributed by atoms with Crippen LogP contribution in [0.5, 0.6) is 5.75 Å². The van der Waals surface area contributed by atoms with Crippen molar-refractivity contribution in [2.24, 2.45) is 0 Å². The topological polar surface area (TPSA) is 21.3 Å². The Labute approximate surface area is 126 Å². The third-order valence-corrected chi connectivity index (χ3v) is 3.70. The Bertz CT molecular complexity index is 612. The molecule has 0 aliphatic rings. The van der Waals surface area contributed by atoms with Gasteiger partial charge < -0.3 is 10.1 Å². The number of hydrogen-bond acceptors (Lipinski definition) is 2. The highest BCUT2D eigenvalue weighted by molar-refractivity contribution is 5.39. The summed E-state index contributed by atoms with van der Waals surface area (Å²) in [4.78, 5) is 0. The van der Waals surface area contributed by atoms with Crippen LogP contribution in [0.25, 0.3) is 0 Å². The average Bonchev–Trinajstić information content (AvgIpc) is 2.47. The molecule has 0 heterocycles. The monoisotopic (exact) mass is 287 g/mol. The van der Waals surface area contributed by atoms with E-state index in [4.69, 9.17) is 4.74 Å². The lowest BCUT2D eigenvalue weighted by atomic mass is 10.0. The first-order chi connectivity index (χ1) is 10.0. The molecule has 0 saturated heterocycles. The number of ether oxygens (including phenoxy) is 1. The fourth-order valence-electron chi connectivity index (χ4n) is 2.53. The molecule has 0 saturated carbocycles. The van der Waals surface area contributed by atoms with E-state index in [-0.39, 0.29) is 17.9 Å². The number of hydrogen-bond donors (Lipinski definition) is 1. The summed E-state index contributed by atoms with van der Waals surface area (Å²) >= 11 is 0. The van der Waals surface area contributed by atoms with Gasteiger partial charge in [0.05, 0.1) is 7.11 Å². The number of benzene rings is 2. The predicted octanol–water partition coefficient (Wildman–Crippen LogP) is 4.55. The second kappa shape index (κ2) is 6.72. The van der Waals surface area contributed by atoms with Crippen LogP contribution in [0.2, 0.25) is 0 Å². The van der Waals surface area contributed by atoms with E-state index in [9.17, 15) is 4.39 Å². The summed E-state index contributed by atoms with van der Waals surface area (Å²) in [6, 6.07) is 13.0. The molecule has 0 aliphatic heterocycles. The van der Waals surface area contributed by atoms with Crippen molar-refractivity contribution in [3.63, 3.8) is 0 Å². The van der Waals surface area contributed by atoms with Crippen LogP contribution < -0.4 is 10.1 Å². The number of methoxy groups -OCH3 is 1. The van der Waals surface area contributed by atoms with Gasteiger partial charge in [0.1, 0.15) is 11.6 Å². The second-order valence-electron chi connectivity index (χ2n) is 5.41. The van der Waals surface area contributed by atoms with Gasteiger partial charge in [0.25, 0.3) is 0 Å². The van der Waals surface area contributed by atoms with Crippen molar-refractivity contribution in [3.05, 3.63) is 65.0 Å². The van der Waals surface area contributed by atoms with Gasteiger partial charge in [-0.25, -0.2) is 4.39 Å². The number of nitrogens with one attached hydrogen (secondary N) is 1. The lowest BCUT2D eigenvalue weighted by Crippen LogP contribution is -2.23. The van der Waals surface area contributed by atoms with Gasteiger partial charge in [0, 0.05) is 17.6 Å². The van der Waals surface area contributed by atoms with Gasteiger partial charge in [-0.3, -0.25) is 0 Å². The molecule has 0 radical (unpaired) electrons. The molecule has 3 heteroatoms. The smallest absolute Gasteiger partial charge is 0.123 e. The van der Waals surface area contributed by atoms with Crippen LogP contribution in [0.3, 0.4) is 0 Å². The average molecular weight is 287 g/mol. The maximum Gasteiger partial charge on any atom is 0.123 e. The van der Waals surface area contributed by atoms with Crippen LogP contribution in [0, 0.1) is 12.7 Å². The largest absolute Gasteiger partial charge is 0.496 e. The Balaban J connectivity index is 2.17. The lowest BCUT2D eigenvalue weighted by molar-refractivity contribution is 0.396. The number of rotatable bonds is 5. The van der Waals surface area contributed by atoms with Crippen molar-refractivity contribution in [2.75, 3.05) is 7.11 Å². The molecule has 2 aromatic carbocycles. The van der Waals surface area contributed by atoms with Crippen molar-refractivity contribution in [1.29, 1.82) is 0 Å². The van der Waals surface area contributed by atoms with Gasteiger partial charge in [-0.05, 0) is 44.5 Å². The zero-order chi connectivity index (χ0) is 15.4. The molecule has 0 amide bonds. The molecule has 2 rings (SSSR count). The quantitative estimate of drug-likeness (QED) is 0.870. The number of aryl methyl sites for hydroxylation is 1. The molecule has 2 nitrogen and oxygen atoms in total. The summed E-state index contributed by atoms with van der Waals surface area (Å²) in [6.07, 6.45) is 0. The molecule has 0 spiro atoms. The van der Waals surface area contributed by atoms with Gasteiger partial charge in [0.2, 0.25) is 0 Å². The van der Waals surface area contributed by atoms with Crippen molar-refractivity contribution in [2.45, 2.75) is 32.9 Å². The molecule has 2 aromatic rings. The highest BCUT2D eigenvalue weighted by Crippen LogP contribution is 2.28. The van der Waals surface area contributed by atoms with E-state index in [0.29, 0.717) is 0 Å². The zero-order valence-electron chi connectivity index (χ0n) is 13.0. The highest BCUT2D eigenvalue weighted by atomic mass is 19.1. The van der Waals surface area contributed by atoms with Crippen molar-refractivity contribution < 1.29 is 9.13 Å². The van der Waals surface area contributed by atoms with E-state index in [1.54, 1.807) is 19.2 Å². The van der Waals surface area contributed by atoms with Crippen molar-refractivity contribution >= 4 is 0 Å². The third kappa shape index (κ3) is 3.82. The van der Waals surface area contributed by atoms with Crippen LogP contribution >= 0.6 is 0 Å². The SMILES string of the molecule is COc1ccc(C)cc1C(C)N[C@@H](C)c1cccc(F)c1. The lowest BCUT2D eigenvalue weighted by Gasteiger charge is -2.22. The summed E-state index contributed by atoms with van der Waals surface area (Å²) in [5, 5.41) is 3.49. The molecule has 0 fully saturated rings. The molecular weight excluding hydrogens is 265 g/mol. The van der Waals surface area contributed by atoms with E-state index in [0.717, 1.165) is 16.9 Å². The maximum absolute atomic E-state index is 13.3. The molecule has 0 bridgehead atoms. The Morgan fingerprint density at radius 2 is 1.81 bits per heavy atom. The van der Waals surface area contributed by atoms with E-state index < -0.39 is 0 Å². The van der Waals surface area contributed by atoms with Crippen LogP contribution in [0.15, 0.2) is 42.5 Å². The first-order valence-corrected chi connectivity index (χ1v) is 7.17. The van der Waals surface area contributed by atoms with Crippen LogP contribution in [-0.2, 0) is 0 Å². The van der Waals surface area contributed by atoms with Crippen LogP contribution in [0.4, 0.5) is 4.39 Å². The van der Waals surface area contributed by atoms with Gasteiger partial charge in [0.15, 0.2) is 0 Å². The standard InChI is InChI=1S/C18H22FNO/c1-12-8-9-18(21-4)17(10-12)14(3)20-13(2)15-6-5-7-16(19)11-15/h5-11,13-14,20H,1-4H3/t13-,14?/m0/s1. The van der Waals surface area contributed by atoms with E-state index in [1.165, 1.54) is 11.6 Å². The molecule has 1 N–H and O–H groups in total. The maximum atomic E-state index is 13.3. The molecule has 112 valence electrons. The van der Waals surface area contributed by atoms with Gasteiger partial charge in [-0.15, -0.1) is 0 Å². The Morgan fingerprint density at radius 1 is 1.05 bits per heavy atom. The first kappa shape index (κ1) is 15.5. The van der Waals surface area contributed by atoms with Crippen LogP contribution in [-0.4, -0.2) is 7.11 Å². The predicted molar refractivity (Wildman–Crippen MR) is 84.1 cm³/mol. The van der Waals surface area contributed by atoms with Crippen molar-refractivity contribution in [1.82, 2.24) is 5.32 Å². The number of halogens is 1. The molecule has 2 atom stereocenters. The first-order valence-electron chi connectivity index (χ1n) is 7.17. The Morgan fingerprint density at radius 3 is 2.48 bits per heavy atom. The Hall–Kier alpha value is -1.87. The normalized spacial score (nSPS) is 13.8. The molecule has 21 heavy (non-hydrogen) atoms. The minimum Gasteiger partial charge on any atom is -0.496 e. The van der Waals surface area contributed by atoms with Gasteiger partial charge >= 0.3 is 0 Å². The summed E-state index contributed by atoms with van der Waals surface area (Å²) in [6.45, 7) is 6.19. The summed E-state index contributed by atoms with van der Waals surface area (Å²) in [5.41, 5.74) is 3.24. The zero-order valence-corrected chi connectivity index (χ0v) is 13.0. The molecular formula is C18H22FNO. The highest BCUT2D eigenvalue weighted by Gasteiger charge is 2.15. The Kier molecular flexibility index (Phi) is 4.97. The summed E-state index contributed by atoms with van der Waals surface area (Å²) in [5.74, 6) is 0.661. The minimum absolute atomic E-state index is 0.0564. The van der Waals surface area contributed by atoms with Gasteiger partial charge in [-0.1, -0.05) is 29.8 Å². The minimum atomic E-state index is -0.207. The van der Waals surface area contributed by atoms with Crippen molar-refractivity contribution in [3.8, 4) is 5.75 Å². The fourth-order valence-corrected chi connectivity index (χ4v) is 2.53. The fraction of sp³-hybridized carbons (Fsp3) is 0.333. The second-order valence-corrected chi connectivity index (χ2v) is 5.41. The summed E-state index contributed by atoms with van der Waals surface area (Å²) in [7, 11) is 1.68. The summed E-state index contributed by atoms with van der Waals surface area (Å²) < 4.78 is 18.7. The van der Waals surface area contributed by atoms with E-state index in [2.05, 4.69) is 25.2 Å². The van der Waals surface area contributed by atoms with E-state index >= 15 is 0 Å². The molecule has 1 unspecified atom stereocenters. The molecule has 0 aliphatic carbocycles. The third-order valence-electron chi connectivity index (χ3n) is 3.70. The van der Waals surface area contributed by atoms with Gasteiger partial charge in [-0.2, -0.15) is 0 Å². The molecule has 0 aromatic heterocycles.